The van der Waals surface area contributed by atoms with Crippen molar-refractivity contribution in [2.24, 2.45) is 5.92 Å². The van der Waals surface area contributed by atoms with Crippen molar-refractivity contribution in [1.29, 1.82) is 0 Å². The highest BCUT2D eigenvalue weighted by Gasteiger charge is 2.30. The summed E-state index contributed by atoms with van der Waals surface area (Å²) in [5.41, 5.74) is 0.738. The molecule has 3 heterocycles. The highest BCUT2D eigenvalue weighted by molar-refractivity contribution is 5.92. The minimum Gasteiger partial charge on any atom is -0.357 e. The maximum atomic E-state index is 13.2. The van der Waals surface area contributed by atoms with E-state index in [1.54, 1.807) is 0 Å². The molecule has 156 valence electrons. The fourth-order valence-electron chi connectivity index (χ4n) is 5.51. The van der Waals surface area contributed by atoms with Gasteiger partial charge in [-0.25, -0.2) is 0 Å². The third-order valence-corrected chi connectivity index (χ3v) is 7.12. The topological polar surface area (TPSA) is 42.6 Å². The van der Waals surface area contributed by atoms with Gasteiger partial charge in [0.15, 0.2) is 0 Å². The van der Waals surface area contributed by atoms with Gasteiger partial charge in [-0.1, -0.05) is 19.3 Å². The molecular formula is C23H38N4O. The molecule has 2 aliphatic heterocycles. The number of piperidine rings is 2. The first kappa shape index (κ1) is 20.0. The van der Waals surface area contributed by atoms with Crippen LogP contribution in [0.15, 0.2) is 18.3 Å². The van der Waals surface area contributed by atoms with Crippen molar-refractivity contribution < 1.29 is 4.79 Å². The number of hydrogen-bond donors (Lipinski definition) is 1. The lowest BCUT2D eigenvalue weighted by Crippen LogP contribution is -2.47. The summed E-state index contributed by atoms with van der Waals surface area (Å²) in [6.45, 7) is 7.63. The van der Waals surface area contributed by atoms with Gasteiger partial charge in [0.2, 0.25) is 0 Å². The molecule has 1 saturated carbocycles. The molecule has 3 fully saturated rings. The van der Waals surface area contributed by atoms with Gasteiger partial charge < -0.3 is 19.7 Å². The first-order valence-electron chi connectivity index (χ1n) is 11.7. The van der Waals surface area contributed by atoms with E-state index in [1.807, 2.05) is 18.3 Å². The fraction of sp³-hybridized carbons (Fsp3) is 0.783. The van der Waals surface area contributed by atoms with Crippen LogP contribution in [0.25, 0.3) is 0 Å². The average molecular weight is 387 g/mol. The minimum atomic E-state index is 0.181. The molecule has 1 N–H and O–H groups in total. The van der Waals surface area contributed by atoms with Crippen LogP contribution in [0, 0.1) is 5.92 Å². The van der Waals surface area contributed by atoms with Gasteiger partial charge in [0.05, 0.1) is 0 Å². The first-order valence-corrected chi connectivity index (χ1v) is 11.7. The Kier molecular flexibility index (Phi) is 7.08. The molecule has 0 bridgehead atoms. The Labute approximate surface area is 170 Å². The quantitative estimate of drug-likeness (QED) is 0.779. The van der Waals surface area contributed by atoms with Crippen molar-refractivity contribution in [3.05, 3.63) is 24.0 Å². The van der Waals surface area contributed by atoms with E-state index in [1.165, 1.54) is 84.0 Å². The Morgan fingerprint density at radius 1 is 1.04 bits per heavy atom. The van der Waals surface area contributed by atoms with Crippen molar-refractivity contribution in [3.8, 4) is 0 Å². The van der Waals surface area contributed by atoms with E-state index in [0.29, 0.717) is 5.92 Å². The van der Waals surface area contributed by atoms with Gasteiger partial charge in [-0.3, -0.25) is 4.79 Å². The van der Waals surface area contributed by atoms with Crippen molar-refractivity contribution in [3.63, 3.8) is 0 Å². The van der Waals surface area contributed by atoms with Gasteiger partial charge in [0, 0.05) is 38.4 Å². The molecule has 2 saturated heterocycles. The zero-order valence-electron chi connectivity index (χ0n) is 17.5. The van der Waals surface area contributed by atoms with Crippen LogP contribution in [-0.2, 0) is 0 Å². The van der Waals surface area contributed by atoms with Crippen LogP contribution >= 0.6 is 0 Å². The molecule has 5 heteroatoms. The zero-order valence-corrected chi connectivity index (χ0v) is 17.5. The summed E-state index contributed by atoms with van der Waals surface area (Å²) < 4.78 is 0. The van der Waals surface area contributed by atoms with Crippen LogP contribution in [0.3, 0.4) is 0 Å². The maximum Gasteiger partial charge on any atom is 0.270 e. The Hall–Kier alpha value is -1.33. The zero-order chi connectivity index (χ0) is 19.2. The highest BCUT2D eigenvalue weighted by Crippen LogP contribution is 2.28. The smallest absolute Gasteiger partial charge is 0.270 e. The Morgan fingerprint density at radius 2 is 1.86 bits per heavy atom. The predicted octanol–water partition coefficient (Wildman–Crippen LogP) is 3.60. The largest absolute Gasteiger partial charge is 0.357 e. The van der Waals surface area contributed by atoms with Crippen LogP contribution < -0.4 is 0 Å². The third kappa shape index (κ3) is 5.18. The number of rotatable bonds is 7. The lowest BCUT2D eigenvalue weighted by Gasteiger charge is -2.39. The monoisotopic (exact) mass is 386 g/mol. The van der Waals surface area contributed by atoms with Crippen molar-refractivity contribution in [2.75, 3.05) is 45.8 Å². The normalized spacial score (nSPS) is 25.2. The van der Waals surface area contributed by atoms with Gasteiger partial charge in [-0.05, 0) is 76.2 Å². The van der Waals surface area contributed by atoms with E-state index < -0.39 is 0 Å². The lowest BCUT2D eigenvalue weighted by atomic mass is 9.95. The van der Waals surface area contributed by atoms with Gasteiger partial charge in [-0.2, -0.15) is 0 Å². The molecular weight excluding hydrogens is 348 g/mol. The van der Waals surface area contributed by atoms with E-state index in [4.69, 9.17) is 0 Å². The van der Waals surface area contributed by atoms with Crippen LogP contribution in [0.2, 0.25) is 0 Å². The van der Waals surface area contributed by atoms with Gasteiger partial charge in [0.25, 0.3) is 5.91 Å². The van der Waals surface area contributed by atoms with E-state index in [9.17, 15) is 4.79 Å². The lowest BCUT2D eigenvalue weighted by molar-refractivity contribution is 0.0605. The number of nitrogens with one attached hydrogen (secondary N) is 1. The van der Waals surface area contributed by atoms with Crippen LogP contribution in [0.5, 0.6) is 0 Å². The fourth-order valence-corrected chi connectivity index (χ4v) is 5.51. The number of aromatic nitrogens is 1. The summed E-state index contributed by atoms with van der Waals surface area (Å²) in [6, 6.07) is 4.66. The molecule has 0 radical (unpaired) electrons. The molecule has 1 unspecified atom stereocenters. The molecule has 4 rings (SSSR count). The van der Waals surface area contributed by atoms with Crippen LogP contribution in [0.4, 0.5) is 0 Å². The molecule has 0 spiro atoms. The molecule has 3 aliphatic rings. The SMILES string of the molecule is O=C(c1ccc[nH]1)N(CCN1CCCCC1)CC1CCCN(C2CCCC2)C1. The van der Waals surface area contributed by atoms with E-state index in [-0.39, 0.29) is 5.91 Å². The molecule has 1 atom stereocenters. The van der Waals surface area contributed by atoms with Crippen molar-refractivity contribution in [1.82, 2.24) is 19.7 Å². The summed E-state index contributed by atoms with van der Waals surface area (Å²) >= 11 is 0. The predicted molar refractivity (Wildman–Crippen MR) is 114 cm³/mol. The van der Waals surface area contributed by atoms with E-state index in [0.717, 1.165) is 31.4 Å². The first-order chi connectivity index (χ1) is 13.8. The Morgan fingerprint density at radius 3 is 2.61 bits per heavy atom. The van der Waals surface area contributed by atoms with Gasteiger partial charge >= 0.3 is 0 Å². The summed E-state index contributed by atoms with van der Waals surface area (Å²) in [5, 5.41) is 0. The average Bonchev–Trinajstić information content (AvgIpc) is 3.46. The summed E-state index contributed by atoms with van der Waals surface area (Å²) in [7, 11) is 0. The summed E-state index contributed by atoms with van der Waals surface area (Å²) in [6.07, 6.45) is 14.0. The van der Waals surface area contributed by atoms with E-state index >= 15 is 0 Å². The molecule has 1 aliphatic carbocycles. The minimum absolute atomic E-state index is 0.181. The summed E-state index contributed by atoms with van der Waals surface area (Å²) in [5.74, 6) is 0.801. The second kappa shape index (κ2) is 9.93. The maximum absolute atomic E-state index is 13.2. The molecule has 1 amide bonds. The number of amides is 1. The Bertz CT molecular complexity index is 590. The number of carbonyl (C=O) groups excluding carboxylic acids is 1. The van der Waals surface area contributed by atoms with Crippen LogP contribution in [0.1, 0.15) is 68.3 Å². The number of nitrogens with zero attached hydrogens (tertiary/aromatic N) is 3. The molecule has 0 aromatic carbocycles. The molecule has 1 aromatic rings. The standard InChI is InChI=1S/C23H38N4O/c28-23(22-11-6-12-24-22)27(17-16-25-13-4-1-5-14-25)19-20-8-7-15-26(18-20)21-9-2-3-10-21/h6,11-12,20-21,24H,1-5,7-10,13-19H2. The second-order valence-electron chi connectivity index (χ2n) is 9.18. The van der Waals surface area contributed by atoms with Gasteiger partial charge in [0.1, 0.15) is 5.69 Å². The number of carbonyl (C=O) groups is 1. The molecule has 5 nitrogen and oxygen atoms in total. The molecule has 28 heavy (non-hydrogen) atoms. The second-order valence-corrected chi connectivity index (χ2v) is 9.18. The van der Waals surface area contributed by atoms with E-state index in [2.05, 4.69) is 19.7 Å². The number of H-pyrrole nitrogens is 1. The highest BCUT2D eigenvalue weighted by atomic mass is 16.2. The number of aromatic amines is 1. The third-order valence-electron chi connectivity index (χ3n) is 7.12. The summed E-state index contributed by atoms with van der Waals surface area (Å²) in [4.78, 5) is 23.7. The van der Waals surface area contributed by atoms with Crippen molar-refractivity contribution in [2.45, 2.75) is 63.8 Å². The number of likely N-dealkylation sites (tertiary alicyclic amines) is 2. The van der Waals surface area contributed by atoms with Crippen LogP contribution in [-0.4, -0.2) is 77.4 Å². The molecule has 1 aromatic heterocycles. The van der Waals surface area contributed by atoms with Crippen molar-refractivity contribution >= 4 is 5.91 Å². The number of hydrogen-bond acceptors (Lipinski definition) is 3. The van der Waals surface area contributed by atoms with Gasteiger partial charge in [-0.15, -0.1) is 0 Å². The Balaban J connectivity index is 1.36.